The molecular formula is C15H17ClN4. The first-order chi connectivity index (χ1) is 9.78. The Balaban J connectivity index is 2.00. The largest absolute Gasteiger partial charge is 0.370 e. The minimum Gasteiger partial charge on any atom is -0.370 e. The van der Waals surface area contributed by atoms with E-state index in [4.69, 9.17) is 11.6 Å². The zero-order valence-electron chi connectivity index (χ0n) is 11.4. The van der Waals surface area contributed by atoms with Gasteiger partial charge in [-0.05, 0) is 31.4 Å². The number of nitrogens with one attached hydrogen (secondary N) is 1. The van der Waals surface area contributed by atoms with Gasteiger partial charge in [-0.2, -0.15) is 0 Å². The summed E-state index contributed by atoms with van der Waals surface area (Å²) in [5.74, 6) is 2.04. The molecule has 1 aliphatic carbocycles. The number of pyridine rings is 1. The summed E-state index contributed by atoms with van der Waals surface area (Å²) >= 11 is 6.20. The molecule has 1 aliphatic rings. The van der Waals surface area contributed by atoms with Gasteiger partial charge in [-0.1, -0.05) is 18.5 Å². The van der Waals surface area contributed by atoms with Crippen molar-refractivity contribution in [2.45, 2.75) is 32.1 Å². The van der Waals surface area contributed by atoms with Gasteiger partial charge in [-0.3, -0.25) is 4.98 Å². The molecule has 20 heavy (non-hydrogen) atoms. The van der Waals surface area contributed by atoms with E-state index in [9.17, 15) is 0 Å². The lowest BCUT2D eigenvalue weighted by Gasteiger charge is -2.09. The van der Waals surface area contributed by atoms with Crippen molar-refractivity contribution in [3.05, 3.63) is 35.1 Å². The zero-order chi connectivity index (χ0) is 13.9. The van der Waals surface area contributed by atoms with Gasteiger partial charge < -0.3 is 5.32 Å². The van der Waals surface area contributed by atoms with Gasteiger partial charge in [0, 0.05) is 30.4 Å². The summed E-state index contributed by atoms with van der Waals surface area (Å²) in [5, 5.41) is 3.91. The first-order valence-electron chi connectivity index (χ1n) is 7.01. The average molecular weight is 289 g/mol. The molecule has 104 valence electrons. The molecular weight excluding hydrogens is 272 g/mol. The van der Waals surface area contributed by atoms with Crippen molar-refractivity contribution in [3.8, 4) is 11.5 Å². The Labute approximate surface area is 123 Å². The smallest absolute Gasteiger partial charge is 0.181 e. The molecule has 5 heteroatoms. The maximum Gasteiger partial charge on any atom is 0.181 e. The van der Waals surface area contributed by atoms with Crippen molar-refractivity contribution in [1.29, 1.82) is 0 Å². The van der Waals surface area contributed by atoms with Crippen LogP contribution in [0.5, 0.6) is 0 Å². The Morgan fingerprint density at radius 2 is 2.20 bits per heavy atom. The summed E-state index contributed by atoms with van der Waals surface area (Å²) in [6, 6.07) is 5.68. The molecule has 1 fully saturated rings. The van der Waals surface area contributed by atoms with Crippen LogP contribution in [0.3, 0.4) is 0 Å². The van der Waals surface area contributed by atoms with E-state index in [1.54, 1.807) is 6.20 Å². The number of hydrogen-bond acceptors (Lipinski definition) is 4. The Morgan fingerprint density at radius 3 is 2.90 bits per heavy atom. The third-order valence-electron chi connectivity index (χ3n) is 3.27. The Hall–Kier alpha value is -1.68. The molecule has 0 amide bonds. The van der Waals surface area contributed by atoms with Crippen molar-refractivity contribution in [1.82, 2.24) is 15.0 Å². The molecule has 0 atom stereocenters. The van der Waals surface area contributed by atoms with Crippen LogP contribution in [-0.4, -0.2) is 21.5 Å². The third-order valence-corrected chi connectivity index (χ3v) is 3.57. The summed E-state index contributed by atoms with van der Waals surface area (Å²) in [7, 11) is 0. The molecule has 0 aromatic carbocycles. The maximum atomic E-state index is 6.20. The van der Waals surface area contributed by atoms with Gasteiger partial charge in [0.25, 0.3) is 0 Å². The molecule has 3 rings (SSSR count). The third kappa shape index (κ3) is 2.90. The molecule has 0 unspecified atom stereocenters. The number of halogens is 1. The quantitative estimate of drug-likeness (QED) is 0.907. The van der Waals surface area contributed by atoms with Crippen LogP contribution >= 0.6 is 11.6 Å². The average Bonchev–Trinajstić information content (AvgIpc) is 3.30. The molecule has 0 saturated heterocycles. The number of anilines is 1. The van der Waals surface area contributed by atoms with Crippen molar-refractivity contribution in [2.75, 3.05) is 11.9 Å². The van der Waals surface area contributed by atoms with Crippen LogP contribution in [0.15, 0.2) is 24.4 Å². The molecule has 2 aromatic heterocycles. The Morgan fingerprint density at radius 1 is 1.35 bits per heavy atom. The van der Waals surface area contributed by atoms with E-state index >= 15 is 0 Å². The van der Waals surface area contributed by atoms with Gasteiger partial charge in [-0.25, -0.2) is 9.97 Å². The van der Waals surface area contributed by atoms with E-state index in [1.165, 1.54) is 12.8 Å². The van der Waals surface area contributed by atoms with Gasteiger partial charge >= 0.3 is 0 Å². The first kappa shape index (κ1) is 13.3. The summed E-state index contributed by atoms with van der Waals surface area (Å²) in [6.45, 7) is 3.03. The highest BCUT2D eigenvalue weighted by atomic mass is 35.5. The highest BCUT2D eigenvalue weighted by Gasteiger charge is 2.26. The van der Waals surface area contributed by atoms with E-state index in [1.807, 2.05) is 18.2 Å². The lowest BCUT2D eigenvalue weighted by Crippen LogP contribution is -2.06. The Bertz CT molecular complexity index is 611. The molecule has 4 nitrogen and oxygen atoms in total. The predicted molar refractivity (Wildman–Crippen MR) is 81.0 cm³/mol. The normalized spacial score (nSPS) is 14.3. The molecule has 0 aliphatic heterocycles. The number of hydrogen-bond donors (Lipinski definition) is 1. The fourth-order valence-corrected chi connectivity index (χ4v) is 2.26. The van der Waals surface area contributed by atoms with E-state index in [-0.39, 0.29) is 0 Å². The van der Waals surface area contributed by atoms with Crippen molar-refractivity contribution >= 4 is 17.4 Å². The summed E-state index contributed by atoms with van der Waals surface area (Å²) < 4.78 is 0. The summed E-state index contributed by atoms with van der Waals surface area (Å²) in [4.78, 5) is 13.5. The van der Waals surface area contributed by atoms with E-state index < -0.39 is 0 Å². The van der Waals surface area contributed by atoms with Crippen molar-refractivity contribution in [2.24, 2.45) is 0 Å². The Kier molecular flexibility index (Phi) is 3.83. The lowest BCUT2D eigenvalue weighted by molar-refractivity contribution is 0.945. The van der Waals surface area contributed by atoms with Crippen LogP contribution < -0.4 is 5.32 Å². The summed E-state index contributed by atoms with van der Waals surface area (Å²) in [6.07, 6.45) is 5.19. The SMILES string of the molecule is CCCNc1cc(C2CC2)nc(-c2ncccc2Cl)n1. The summed E-state index contributed by atoms with van der Waals surface area (Å²) in [5.41, 5.74) is 1.74. The van der Waals surface area contributed by atoms with Crippen LogP contribution in [0.2, 0.25) is 5.02 Å². The van der Waals surface area contributed by atoms with Crippen LogP contribution in [0.1, 0.15) is 37.8 Å². The highest BCUT2D eigenvalue weighted by molar-refractivity contribution is 6.32. The topological polar surface area (TPSA) is 50.7 Å². The fourth-order valence-electron chi connectivity index (χ4n) is 2.05. The fraction of sp³-hybridized carbons (Fsp3) is 0.400. The zero-order valence-corrected chi connectivity index (χ0v) is 12.2. The monoisotopic (exact) mass is 288 g/mol. The molecule has 2 aromatic rings. The minimum atomic E-state index is 0.571. The minimum absolute atomic E-state index is 0.571. The number of aromatic nitrogens is 3. The molecule has 2 heterocycles. The van der Waals surface area contributed by atoms with Gasteiger partial charge in [0.15, 0.2) is 5.82 Å². The molecule has 0 bridgehead atoms. The second-order valence-electron chi connectivity index (χ2n) is 5.04. The van der Waals surface area contributed by atoms with Crippen LogP contribution in [0, 0.1) is 0 Å². The van der Waals surface area contributed by atoms with E-state index in [2.05, 4.69) is 27.2 Å². The standard InChI is InChI=1S/C15H17ClN4/c1-2-7-17-13-9-12(10-5-6-10)19-15(20-13)14-11(16)4-3-8-18-14/h3-4,8-10H,2,5-7H2,1H3,(H,17,19,20). The first-order valence-corrected chi connectivity index (χ1v) is 7.39. The van der Waals surface area contributed by atoms with Crippen molar-refractivity contribution < 1.29 is 0 Å². The van der Waals surface area contributed by atoms with Crippen molar-refractivity contribution in [3.63, 3.8) is 0 Å². The second-order valence-corrected chi connectivity index (χ2v) is 5.44. The van der Waals surface area contributed by atoms with E-state index in [0.29, 0.717) is 22.5 Å². The second kappa shape index (κ2) is 5.75. The van der Waals surface area contributed by atoms with Gasteiger partial charge in [0.2, 0.25) is 0 Å². The molecule has 1 N–H and O–H groups in total. The molecule has 1 saturated carbocycles. The maximum absolute atomic E-state index is 6.20. The van der Waals surface area contributed by atoms with Gasteiger partial charge in [0.05, 0.1) is 5.02 Å². The van der Waals surface area contributed by atoms with Gasteiger partial charge in [-0.15, -0.1) is 0 Å². The van der Waals surface area contributed by atoms with Crippen LogP contribution in [-0.2, 0) is 0 Å². The number of rotatable bonds is 5. The van der Waals surface area contributed by atoms with E-state index in [0.717, 1.165) is 24.5 Å². The predicted octanol–water partition coefficient (Wildman–Crippen LogP) is 3.89. The van der Waals surface area contributed by atoms with Crippen LogP contribution in [0.4, 0.5) is 5.82 Å². The number of nitrogens with zero attached hydrogens (tertiary/aromatic N) is 3. The van der Waals surface area contributed by atoms with Crippen LogP contribution in [0.25, 0.3) is 11.5 Å². The van der Waals surface area contributed by atoms with Gasteiger partial charge in [0.1, 0.15) is 11.5 Å². The molecule has 0 radical (unpaired) electrons. The molecule has 0 spiro atoms. The highest BCUT2D eigenvalue weighted by Crippen LogP contribution is 2.40. The lowest BCUT2D eigenvalue weighted by atomic mass is 10.2.